The summed E-state index contributed by atoms with van der Waals surface area (Å²) in [4.78, 5) is 24.5. The fourth-order valence-corrected chi connectivity index (χ4v) is 1.94. The Balaban J connectivity index is 3.42. The molecule has 0 saturated carbocycles. The average Bonchev–Trinajstić information content (AvgIpc) is 2.27. The van der Waals surface area contributed by atoms with Crippen LogP contribution < -0.4 is 0 Å². The number of halogens is 3. The molecule has 18 heavy (non-hydrogen) atoms. The summed E-state index contributed by atoms with van der Waals surface area (Å²) in [5.41, 5.74) is -1.37. The van der Waals surface area contributed by atoms with Gasteiger partial charge in [0.25, 0.3) is 12.1 Å². The zero-order valence-corrected chi connectivity index (χ0v) is 11.2. The van der Waals surface area contributed by atoms with Gasteiger partial charge in [0.05, 0.1) is 12.2 Å². The summed E-state index contributed by atoms with van der Waals surface area (Å²) < 4.78 is 30.0. The Labute approximate surface area is 114 Å². The maximum absolute atomic E-state index is 12.8. The van der Waals surface area contributed by atoms with Gasteiger partial charge in [0, 0.05) is 9.64 Å². The Morgan fingerprint density at radius 3 is 2.72 bits per heavy atom. The van der Waals surface area contributed by atoms with Crippen LogP contribution in [-0.2, 0) is 4.74 Å². The van der Waals surface area contributed by atoms with Crippen LogP contribution in [0.2, 0.25) is 0 Å². The lowest BCUT2D eigenvalue weighted by atomic mass is 10.2. The van der Waals surface area contributed by atoms with Gasteiger partial charge in [-0.2, -0.15) is 0 Å². The summed E-state index contributed by atoms with van der Waals surface area (Å²) in [6.07, 6.45) is -2.97. The van der Waals surface area contributed by atoms with Gasteiger partial charge in [0.1, 0.15) is 0 Å². The topological polar surface area (TPSA) is 82.3 Å². The third-order valence-corrected chi connectivity index (χ3v) is 2.76. The van der Waals surface area contributed by atoms with Gasteiger partial charge < -0.3 is 14.9 Å². The molecular weight excluding hydrogens is 365 g/mol. The highest BCUT2D eigenvalue weighted by Crippen LogP contribution is 2.30. The molecule has 0 amide bonds. The fourth-order valence-electron chi connectivity index (χ4n) is 1.17. The van der Waals surface area contributed by atoms with Gasteiger partial charge in [-0.3, -0.25) is 0 Å². The molecule has 98 valence electrons. The molecule has 0 spiro atoms. The van der Waals surface area contributed by atoms with Crippen molar-refractivity contribution in [3.8, 4) is 0 Å². The zero-order chi connectivity index (χ0) is 13.9. The second-order valence-corrected chi connectivity index (χ2v) is 4.17. The maximum atomic E-state index is 12.8. The molecule has 0 aliphatic heterocycles. The van der Waals surface area contributed by atoms with E-state index in [0.29, 0.717) is 0 Å². The Morgan fingerprint density at radius 1 is 1.67 bits per heavy atom. The standard InChI is InChI=1S/C9H7F2IN2O4/c1-2-18-9(15)7-6(8(10)11)4(12)3-5(13-7)14(16)17/h3,8H,2H2,1H3. The van der Waals surface area contributed by atoms with E-state index in [9.17, 15) is 23.7 Å². The molecule has 0 aliphatic rings. The summed E-state index contributed by atoms with van der Waals surface area (Å²) in [5.74, 6) is -1.78. The number of hydrogen-bond acceptors (Lipinski definition) is 5. The first-order valence-electron chi connectivity index (χ1n) is 4.68. The van der Waals surface area contributed by atoms with Gasteiger partial charge in [-0.05, 0) is 39.4 Å². The zero-order valence-electron chi connectivity index (χ0n) is 9.02. The van der Waals surface area contributed by atoms with Crippen molar-refractivity contribution in [2.24, 2.45) is 0 Å². The van der Waals surface area contributed by atoms with Crippen molar-refractivity contribution in [1.29, 1.82) is 0 Å². The molecule has 0 fully saturated rings. The number of esters is 1. The van der Waals surface area contributed by atoms with Crippen LogP contribution in [0.15, 0.2) is 6.07 Å². The van der Waals surface area contributed by atoms with E-state index < -0.39 is 34.4 Å². The second-order valence-electron chi connectivity index (χ2n) is 3.00. The lowest BCUT2D eigenvalue weighted by Crippen LogP contribution is -2.13. The predicted molar refractivity (Wildman–Crippen MR) is 64.5 cm³/mol. The number of rotatable bonds is 4. The summed E-state index contributed by atoms with van der Waals surface area (Å²) in [7, 11) is 0. The summed E-state index contributed by atoms with van der Waals surface area (Å²) in [5, 5.41) is 10.6. The van der Waals surface area contributed by atoms with Crippen LogP contribution in [0.25, 0.3) is 0 Å². The molecular formula is C9H7F2IN2O4. The van der Waals surface area contributed by atoms with Crippen molar-refractivity contribution < 1.29 is 23.2 Å². The molecule has 9 heteroatoms. The highest BCUT2D eigenvalue weighted by Gasteiger charge is 2.31. The Bertz CT molecular complexity index is 496. The van der Waals surface area contributed by atoms with Crippen molar-refractivity contribution in [3.05, 3.63) is 31.0 Å². The lowest BCUT2D eigenvalue weighted by Gasteiger charge is -2.06. The number of ether oxygens (including phenoxy) is 1. The molecule has 0 atom stereocenters. The minimum Gasteiger partial charge on any atom is -0.460 e. The molecule has 0 saturated heterocycles. The molecule has 1 aromatic rings. The maximum Gasteiger partial charge on any atom is 0.383 e. The van der Waals surface area contributed by atoms with Crippen molar-refractivity contribution >= 4 is 34.4 Å². The lowest BCUT2D eigenvalue weighted by molar-refractivity contribution is -0.389. The molecule has 1 aromatic heterocycles. The van der Waals surface area contributed by atoms with Crippen LogP contribution in [0.5, 0.6) is 0 Å². The Hall–Kier alpha value is -1.39. The largest absolute Gasteiger partial charge is 0.460 e. The number of nitrogens with zero attached hydrogens (tertiary/aromatic N) is 2. The molecule has 0 aromatic carbocycles. The third-order valence-electron chi connectivity index (χ3n) is 1.87. The van der Waals surface area contributed by atoms with E-state index in [2.05, 4.69) is 9.72 Å². The minimum absolute atomic E-state index is 0.0392. The molecule has 6 nitrogen and oxygen atoms in total. The first-order valence-corrected chi connectivity index (χ1v) is 5.76. The highest BCUT2D eigenvalue weighted by atomic mass is 127. The molecule has 0 unspecified atom stereocenters. The van der Waals surface area contributed by atoms with Crippen LogP contribution in [0.3, 0.4) is 0 Å². The smallest absolute Gasteiger partial charge is 0.383 e. The van der Waals surface area contributed by atoms with Gasteiger partial charge in [-0.15, -0.1) is 0 Å². The van der Waals surface area contributed by atoms with E-state index in [1.807, 2.05) is 0 Å². The fraction of sp³-hybridized carbons (Fsp3) is 0.333. The van der Waals surface area contributed by atoms with Crippen LogP contribution in [0, 0.1) is 13.7 Å². The SMILES string of the molecule is CCOC(=O)c1nc([N+](=O)[O-])cc(I)c1C(F)F. The number of aromatic nitrogens is 1. The molecule has 0 radical (unpaired) electrons. The van der Waals surface area contributed by atoms with Gasteiger partial charge in [-0.1, -0.05) is 0 Å². The normalized spacial score (nSPS) is 10.5. The van der Waals surface area contributed by atoms with Crippen molar-refractivity contribution in [2.75, 3.05) is 6.61 Å². The van der Waals surface area contributed by atoms with E-state index in [4.69, 9.17) is 0 Å². The van der Waals surface area contributed by atoms with Crippen LogP contribution in [-0.4, -0.2) is 22.5 Å². The molecule has 0 aliphatic carbocycles. The van der Waals surface area contributed by atoms with Crippen molar-refractivity contribution in [2.45, 2.75) is 13.3 Å². The molecule has 0 bridgehead atoms. The first kappa shape index (κ1) is 14.7. The Morgan fingerprint density at radius 2 is 2.28 bits per heavy atom. The monoisotopic (exact) mass is 372 g/mol. The van der Waals surface area contributed by atoms with Crippen molar-refractivity contribution in [3.63, 3.8) is 0 Å². The van der Waals surface area contributed by atoms with Gasteiger partial charge in [0.15, 0.2) is 0 Å². The summed E-state index contributed by atoms with van der Waals surface area (Å²) in [6.45, 7) is 1.45. The van der Waals surface area contributed by atoms with E-state index in [0.717, 1.165) is 6.07 Å². The van der Waals surface area contributed by atoms with Gasteiger partial charge in [-0.25, -0.2) is 13.6 Å². The average molecular weight is 372 g/mol. The van der Waals surface area contributed by atoms with E-state index in [-0.39, 0.29) is 10.2 Å². The number of pyridine rings is 1. The highest BCUT2D eigenvalue weighted by molar-refractivity contribution is 14.1. The number of carbonyl (C=O) groups is 1. The summed E-state index contributed by atoms with van der Waals surface area (Å²) >= 11 is 1.49. The number of nitro groups is 1. The van der Waals surface area contributed by atoms with E-state index in [1.54, 1.807) is 0 Å². The molecule has 0 N–H and O–H groups in total. The predicted octanol–water partition coefficient (Wildman–Crippen LogP) is 2.71. The van der Waals surface area contributed by atoms with Crippen LogP contribution >= 0.6 is 22.6 Å². The number of alkyl halides is 2. The van der Waals surface area contributed by atoms with E-state index in [1.165, 1.54) is 29.5 Å². The summed E-state index contributed by atoms with van der Waals surface area (Å²) in [6, 6.07) is 0.880. The Kier molecular flexibility index (Phi) is 4.87. The molecule has 1 rings (SSSR count). The second kappa shape index (κ2) is 5.98. The van der Waals surface area contributed by atoms with Crippen LogP contribution in [0.4, 0.5) is 14.6 Å². The van der Waals surface area contributed by atoms with Gasteiger partial charge >= 0.3 is 11.8 Å². The van der Waals surface area contributed by atoms with Crippen molar-refractivity contribution in [1.82, 2.24) is 4.98 Å². The minimum atomic E-state index is -2.97. The quantitative estimate of drug-likeness (QED) is 0.351. The van der Waals surface area contributed by atoms with Gasteiger partial charge in [0.2, 0.25) is 0 Å². The van der Waals surface area contributed by atoms with Crippen LogP contribution in [0.1, 0.15) is 29.4 Å². The number of carbonyl (C=O) groups excluding carboxylic acids is 1. The number of hydrogen-bond donors (Lipinski definition) is 0. The van der Waals surface area contributed by atoms with E-state index >= 15 is 0 Å². The first-order chi connectivity index (χ1) is 8.38. The third kappa shape index (κ3) is 3.09. The molecule has 1 heterocycles.